The molecule has 1 aliphatic heterocycles. The fourth-order valence-electron chi connectivity index (χ4n) is 3.51. The number of benzene rings is 2. The molecule has 3 nitrogen and oxygen atoms in total. The molecule has 1 aromatic heterocycles. The van der Waals surface area contributed by atoms with Gasteiger partial charge in [-0.25, -0.2) is 8.78 Å². The van der Waals surface area contributed by atoms with Crippen LogP contribution in [-0.4, -0.2) is 29.8 Å². The van der Waals surface area contributed by atoms with E-state index in [1.807, 2.05) is 0 Å². The normalized spacial score (nSPS) is 16.9. The number of furan rings is 1. The zero-order valence-corrected chi connectivity index (χ0v) is 15.1. The van der Waals surface area contributed by atoms with E-state index in [0.717, 1.165) is 12.3 Å². The van der Waals surface area contributed by atoms with Gasteiger partial charge in [0, 0.05) is 42.3 Å². The first-order chi connectivity index (χ1) is 13.6. The average molecular weight is 409 g/mol. The smallest absolute Gasteiger partial charge is 0.417 e. The van der Waals surface area contributed by atoms with E-state index in [0.29, 0.717) is 22.1 Å². The Morgan fingerprint density at radius 3 is 2.24 bits per heavy atom. The van der Waals surface area contributed by atoms with Gasteiger partial charge in [-0.3, -0.25) is 4.79 Å². The molecule has 2 heterocycles. The zero-order valence-electron chi connectivity index (χ0n) is 15.1. The Bertz CT molecular complexity index is 1040. The molecule has 1 fully saturated rings. The molecule has 0 unspecified atom stereocenters. The molecular formula is C21H16F5NO2. The summed E-state index contributed by atoms with van der Waals surface area (Å²) in [6, 6.07) is 8.72. The lowest BCUT2D eigenvalue weighted by Gasteiger charge is -2.31. The van der Waals surface area contributed by atoms with Crippen molar-refractivity contribution in [3.63, 3.8) is 0 Å². The number of alkyl halides is 5. The van der Waals surface area contributed by atoms with Crippen molar-refractivity contribution >= 4 is 16.7 Å². The minimum Gasteiger partial charge on any atom is -0.471 e. The third kappa shape index (κ3) is 3.83. The van der Waals surface area contributed by atoms with Crippen LogP contribution in [0.1, 0.15) is 28.8 Å². The van der Waals surface area contributed by atoms with E-state index < -0.39 is 17.7 Å². The van der Waals surface area contributed by atoms with Gasteiger partial charge in [-0.1, -0.05) is 12.1 Å². The maximum absolute atomic E-state index is 13.4. The molecule has 0 atom stereocenters. The van der Waals surface area contributed by atoms with Crippen LogP contribution in [0.4, 0.5) is 22.0 Å². The van der Waals surface area contributed by atoms with Gasteiger partial charge in [0.05, 0.1) is 18.1 Å². The highest BCUT2D eigenvalue weighted by atomic mass is 19.4. The van der Waals surface area contributed by atoms with Crippen LogP contribution in [0, 0.1) is 0 Å². The summed E-state index contributed by atoms with van der Waals surface area (Å²) < 4.78 is 71.6. The van der Waals surface area contributed by atoms with Crippen LogP contribution in [0.5, 0.6) is 0 Å². The number of carbonyl (C=O) groups is 1. The molecule has 2 aromatic carbocycles. The first-order valence-electron chi connectivity index (χ1n) is 8.99. The Kier molecular flexibility index (Phi) is 4.59. The van der Waals surface area contributed by atoms with Crippen LogP contribution in [0.3, 0.4) is 0 Å². The largest absolute Gasteiger partial charge is 0.471 e. The van der Waals surface area contributed by atoms with Crippen molar-refractivity contribution in [2.45, 2.75) is 24.9 Å². The predicted molar refractivity (Wildman–Crippen MR) is 96.7 cm³/mol. The summed E-state index contributed by atoms with van der Waals surface area (Å²) in [6.07, 6.45) is -2.97. The van der Waals surface area contributed by atoms with Gasteiger partial charge in [-0.05, 0) is 35.4 Å². The Hall–Kier alpha value is -2.90. The molecule has 0 aliphatic carbocycles. The summed E-state index contributed by atoms with van der Waals surface area (Å²) >= 11 is 0. The summed E-state index contributed by atoms with van der Waals surface area (Å²) in [5.41, 5.74) is 0.343. The first kappa shape index (κ1) is 19.4. The molecule has 0 N–H and O–H groups in total. The maximum atomic E-state index is 13.4. The molecule has 0 saturated carbocycles. The fourth-order valence-corrected chi connectivity index (χ4v) is 3.51. The number of halogens is 5. The highest BCUT2D eigenvalue weighted by Crippen LogP contribution is 2.38. The Balaban J connectivity index is 1.61. The second-order valence-electron chi connectivity index (χ2n) is 7.12. The number of hydrogen-bond acceptors (Lipinski definition) is 2. The highest BCUT2D eigenvalue weighted by Gasteiger charge is 2.36. The zero-order chi connectivity index (χ0) is 20.8. The van der Waals surface area contributed by atoms with Gasteiger partial charge in [0.2, 0.25) is 0 Å². The number of carbonyl (C=O) groups excluding carboxylic acids is 1. The molecule has 4 rings (SSSR count). The van der Waals surface area contributed by atoms with Gasteiger partial charge >= 0.3 is 6.18 Å². The number of amides is 1. The van der Waals surface area contributed by atoms with Gasteiger partial charge in [0.15, 0.2) is 0 Å². The Labute approximate surface area is 162 Å². The second kappa shape index (κ2) is 6.86. The van der Waals surface area contributed by atoms with Crippen molar-refractivity contribution in [2.24, 2.45) is 0 Å². The average Bonchev–Trinajstić information content (AvgIpc) is 3.14. The number of hydrogen-bond donors (Lipinski definition) is 0. The van der Waals surface area contributed by atoms with E-state index in [9.17, 15) is 26.7 Å². The molecule has 1 saturated heterocycles. The van der Waals surface area contributed by atoms with Gasteiger partial charge in [-0.15, -0.1) is 0 Å². The van der Waals surface area contributed by atoms with Crippen molar-refractivity contribution in [2.75, 3.05) is 13.1 Å². The lowest BCUT2D eigenvalue weighted by Crippen LogP contribution is -2.42. The minimum absolute atomic E-state index is 0.0186. The molecule has 0 spiro atoms. The van der Waals surface area contributed by atoms with Gasteiger partial charge < -0.3 is 9.32 Å². The molecule has 1 aliphatic rings. The maximum Gasteiger partial charge on any atom is 0.417 e. The van der Waals surface area contributed by atoms with Crippen LogP contribution in [0.25, 0.3) is 21.9 Å². The highest BCUT2D eigenvalue weighted by molar-refractivity contribution is 5.95. The number of fused-ring (bicyclic) bond motifs is 1. The van der Waals surface area contributed by atoms with Crippen molar-refractivity contribution in [3.8, 4) is 11.1 Å². The van der Waals surface area contributed by atoms with E-state index in [2.05, 4.69) is 0 Å². The topological polar surface area (TPSA) is 33.5 Å². The van der Waals surface area contributed by atoms with Crippen molar-refractivity contribution in [1.82, 2.24) is 4.90 Å². The van der Waals surface area contributed by atoms with Crippen LogP contribution in [0.2, 0.25) is 0 Å². The van der Waals surface area contributed by atoms with Crippen LogP contribution >= 0.6 is 0 Å². The minimum atomic E-state index is -4.54. The molecular weight excluding hydrogens is 393 g/mol. The Morgan fingerprint density at radius 1 is 0.966 bits per heavy atom. The predicted octanol–water partition coefficient (Wildman–Crippen LogP) is 5.99. The molecule has 0 radical (unpaired) electrons. The summed E-state index contributed by atoms with van der Waals surface area (Å²) in [5, 5.41) is 0.305. The van der Waals surface area contributed by atoms with Crippen molar-refractivity contribution < 1.29 is 31.2 Å². The summed E-state index contributed by atoms with van der Waals surface area (Å²) in [7, 11) is 0. The Morgan fingerprint density at radius 2 is 1.62 bits per heavy atom. The molecule has 29 heavy (non-hydrogen) atoms. The fraction of sp³-hybridized carbons (Fsp3) is 0.286. The lowest BCUT2D eigenvalue weighted by atomic mass is 9.97. The molecule has 3 aromatic rings. The number of likely N-dealkylation sites (tertiary alicyclic amines) is 1. The number of piperidine rings is 1. The van der Waals surface area contributed by atoms with E-state index in [1.54, 1.807) is 18.2 Å². The lowest BCUT2D eigenvalue weighted by molar-refractivity contribution is -0.136. The summed E-state index contributed by atoms with van der Waals surface area (Å²) in [4.78, 5) is 13.9. The van der Waals surface area contributed by atoms with Crippen LogP contribution < -0.4 is 0 Å². The van der Waals surface area contributed by atoms with E-state index in [1.165, 1.54) is 23.3 Å². The summed E-state index contributed by atoms with van der Waals surface area (Å²) in [5.74, 6) is -3.11. The van der Waals surface area contributed by atoms with Crippen LogP contribution in [-0.2, 0) is 6.18 Å². The molecule has 1 amide bonds. The molecule has 0 bridgehead atoms. The monoisotopic (exact) mass is 409 g/mol. The quantitative estimate of drug-likeness (QED) is 0.487. The molecule has 8 heteroatoms. The van der Waals surface area contributed by atoms with Crippen molar-refractivity contribution in [1.29, 1.82) is 0 Å². The second-order valence-corrected chi connectivity index (χ2v) is 7.12. The first-order valence-corrected chi connectivity index (χ1v) is 8.99. The van der Waals surface area contributed by atoms with Gasteiger partial charge in [0.25, 0.3) is 11.8 Å². The van der Waals surface area contributed by atoms with Crippen LogP contribution in [0.15, 0.2) is 53.3 Å². The van der Waals surface area contributed by atoms with E-state index in [-0.39, 0.29) is 37.2 Å². The van der Waals surface area contributed by atoms with E-state index in [4.69, 9.17) is 4.42 Å². The third-order valence-electron chi connectivity index (χ3n) is 5.15. The number of rotatable bonds is 2. The number of nitrogens with zero attached hydrogens (tertiary/aromatic N) is 1. The summed E-state index contributed by atoms with van der Waals surface area (Å²) in [6.45, 7) is -0.0562. The third-order valence-corrected chi connectivity index (χ3v) is 5.15. The SMILES string of the molecule is O=C(c1ccc(-c2cc(C(F)(F)F)c3cocc3c2)cc1)N1CCC(F)(F)CC1. The van der Waals surface area contributed by atoms with Gasteiger partial charge in [-0.2, -0.15) is 13.2 Å². The van der Waals surface area contributed by atoms with Crippen molar-refractivity contribution in [3.05, 3.63) is 60.1 Å². The van der Waals surface area contributed by atoms with E-state index >= 15 is 0 Å². The molecule has 152 valence electrons. The standard InChI is InChI=1S/C21H16F5NO2/c22-20(23)5-7-27(8-6-20)19(28)14-3-1-13(2-4-14)15-9-16-11-29-12-17(16)18(10-15)21(24,25)26/h1-4,9-12H,5-8H2. The van der Waals surface area contributed by atoms with Gasteiger partial charge in [0.1, 0.15) is 0 Å².